The van der Waals surface area contributed by atoms with Gasteiger partial charge in [-0.2, -0.15) is 0 Å². The number of carbonyl (C=O) groups excluding carboxylic acids is 2. The molecule has 2 aromatic carbocycles. The van der Waals surface area contributed by atoms with E-state index in [0.717, 1.165) is 71.0 Å². The van der Waals surface area contributed by atoms with Crippen molar-refractivity contribution in [3.63, 3.8) is 0 Å². The number of aromatic nitrogens is 8. The highest BCUT2D eigenvalue weighted by atomic mass is 16.2. The molecule has 286 valence electrons. The minimum Gasteiger partial charge on any atom is -0.340 e. The third-order valence-corrected chi connectivity index (χ3v) is 10.8. The van der Waals surface area contributed by atoms with Gasteiger partial charge in [0.1, 0.15) is 23.7 Å². The highest BCUT2D eigenvalue weighted by Gasteiger charge is 2.38. The van der Waals surface area contributed by atoms with Crippen LogP contribution in [0.4, 0.5) is 0 Å². The molecule has 8 rings (SSSR count). The first-order valence-electron chi connectivity index (χ1n) is 19.1. The zero-order valence-corrected chi connectivity index (χ0v) is 32.1. The van der Waals surface area contributed by atoms with Gasteiger partial charge in [-0.15, -0.1) is 0 Å². The maximum Gasteiger partial charge on any atom is 0.245 e. The van der Waals surface area contributed by atoms with Crippen LogP contribution >= 0.6 is 0 Å². The summed E-state index contributed by atoms with van der Waals surface area (Å²) in [4.78, 5) is 70.1. The fourth-order valence-electron chi connectivity index (χ4n) is 8.01. The average molecular weight is 751 g/mol. The summed E-state index contributed by atoms with van der Waals surface area (Å²) in [7, 11) is 7.75. The molecule has 2 N–H and O–H groups in total. The number of benzene rings is 2. The van der Waals surface area contributed by atoms with Crippen LogP contribution < -0.4 is 0 Å². The molecule has 4 atom stereocenters. The van der Waals surface area contributed by atoms with E-state index in [4.69, 9.17) is 9.97 Å². The first-order valence-corrected chi connectivity index (χ1v) is 19.1. The summed E-state index contributed by atoms with van der Waals surface area (Å²) in [5.74, 6) is 2.42. The molecule has 0 radical (unpaired) electrons. The molecule has 0 bridgehead atoms. The Balaban J connectivity index is 0.930. The minimum atomic E-state index is -0.373. The van der Waals surface area contributed by atoms with Gasteiger partial charge in [0.15, 0.2) is 11.6 Å². The van der Waals surface area contributed by atoms with E-state index in [-0.39, 0.29) is 36.0 Å². The highest BCUT2D eigenvalue weighted by Crippen LogP contribution is 2.36. The van der Waals surface area contributed by atoms with E-state index in [1.807, 2.05) is 108 Å². The number of rotatable bonds is 11. The molecule has 6 aromatic rings. The molecule has 2 fully saturated rings. The molecule has 6 heterocycles. The van der Waals surface area contributed by atoms with Crippen LogP contribution in [-0.4, -0.2) is 113 Å². The molecule has 56 heavy (non-hydrogen) atoms. The first kappa shape index (κ1) is 36.8. The molecule has 2 aliphatic heterocycles. The lowest BCUT2D eigenvalue weighted by Gasteiger charge is -2.31. The Morgan fingerprint density at radius 2 is 0.946 bits per heavy atom. The van der Waals surface area contributed by atoms with Crippen LogP contribution in [-0.2, 0) is 9.59 Å². The van der Waals surface area contributed by atoms with Gasteiger partial charge in [-0.25, -0.2) is 29.9 Å². The molecule has 14 nitrogen and oxygen atoms in total. The number of hydrogen-bond donors (Lipinski definition) is 2. The van der Waals surface area contributed by atoms with Gasteiger partial charge in [0.25, 0.3) is 0 Å². The summed E-state index contributed by atoms with van der Waals surface area (Å²) in [5.41, 5.74) is 5.01. The van der Waals surface area contributed by atoms with Gasteiger partial charge in [0.2, 0.25) is 11.8 Å². The lowest BCUT2D eigenvalue weighted by Crippen LogP contribution is -2.40. The summed E-state index contributed by atoms with van der Waals surface area (Å²) >= 11 is 0. The van der Waals surface area contributed by atoms with Gasteiger partial charge in [0.05, 0.1) is 35.9 Å². The predicted octanol–water partition coefficient (Wildman–Crippen LogP) is 5.65. The van der Waals surface area contributed by atoms with Crippen molar-refractivity contribution in [3.8, 4) is 34.2 Å². The number of hydrogen-bond acceptors (Lipinski definition) is 10. The molecule has 2 amide bonds. The number of H-pyrrole nitrogens is 2. The predicted molar refractivity (Wildman–Crippen MR) is 211 cm³/mol. The molecule has 0 saturated carbocycles. The lowest BCUT2D eigenvalue weighted by atomic mass is 10.0. The van der Waals surface area contributed by atoms with E-state index in [0.29, 0.717) is 24.7 Å². The van der Waals surface area contributed by atoms with Crippen molar-refractivity contribution in [2.24, 2.45) is 0 Å². The molecular formula is C42H46N12O2. The van der Waals surface area contributed by atoms with Crippen LogP contribution in [0.5, 0.6) is 0 Å². The minimum absolute atomic E-state index is 0.0677. The van der Waals surface area contributed by atoms with Gasteiger partial charge in [-0.05, 0) is 65.0 Å². The monoisotopic (exact) mass is 750 g/mol. The fraction of sp³-hybridized carbons (Fsp3) is 0.333. The number of carbonyl (C=O) groups is 2. The lowest BCUT2D eigenvalue weighted by molar-refractivity contribution is -0.138. The van der Waals surface area contributed by atoms with Crippen molar-refractivity contribution in [2.45, 2.75) is 49.9 Å². The zero-order chi connectivity index (χ0) is 38.8. The van der Waals surface area contributed by atoms with Crippen LogP contribution in [0.3, 0.4) is 0 Å². The number of aromatic amines is 2. The zero-order valence-electron chi connectivity index (χ0n) is 32.1. The van der Waals surface area contributed by atoms with Gasteiger partial charge in [-0.1, -0.05) is 60.7 Å². The normalized spacial score (nSPS) is 18.2. The fourth-order valence-corrected chi connectivity index (χ4v) is 8.01. The second-order valence-corrected chi connectivity index (χ2v) is 14.9. The van der Waals surface area contributed by atoms with Gasteiger partial charge in [-0.3, -0.25) is 19.4 Å². The van der Waals surface area contributed by atoms with Crippen LogP contribution in [0, 0.1) is 0 Å². The van der Waals surface area contributed by atoms with E-state index in [2.05, 4.69) is 29.9 Å². The summed E-state index contributed by atoms with van der Waals surface area (Å²) in [6, 6.07) is 18.8. The van der Waals surface area contributed by atoms with Gasteiger partial charge >= 0.3 is 0 Å². The van der Waals surface area contributed by atoms with Crippen molar-refractivity contribution in [3.05, 3.63) is 121 Å². The Bertz CT molecular complexity index is 2090. The molecule has 2 saturated heterocycles. The van der Waals surface area contributed by atoms with Crippen LogP contribution in [0.15, 0.2) is 97.8 Å². The van der Waals surface area contributed by atoms with Crippen LogP contribution in [0.25, 0.3) is 34.2 Å². The number of imidazole rings is 2. The average Bonchev–Trinajstić information content (AvgIpc) is 4.06. The van der Waals surface area contributed by atoms with E-state index in [1.165, 1.54) is 0 Å². The van der Waals surface area contributed by atoms with E-state index in [1.54, 1.807) is 37.2 Å². The Morgan fingerprint density at radius 1 is 0.571 bits per heavy atom. The van der Waals surface area contributed by atoms with Crippen molar-refractivity contribution in [1.29, 1.82) is 0 Å². The van der Waals surface area contributed by atoms with Gasteiger partial charge in [0, 0.05) is 49.0 Å². The smallest absolute Gasteiger partial charge is 0.245 e. The van der Waals surface area contributed by atoms with E-state index >= 15 is 0 Å². The standard InChI is InChI=1S/C42H46N12O2/c1-51(2)35(27-13-7-5-8-14-27)41(55)53-19-11-17-33(53)37-47-25-31(49-37)29-21-43-39(44-22-29)40-45-23-30(24-46-40)32-26-48-38(50-32)34-18-12-20-54(34)42(56)36(52(3)4)28-15-9-6-10-16-28/h5-10,13-16,21-26,33-36H,11-12,17-20H2,1-4H3,(H,47,49)(H,48,50)/t33-,34-,35+,36+/m0/s1. The molecule has 0 spiro atoms. The third-order valence-electron chi connectivity index (χ3n) is 10.8. The Kier molecular flexibility index (Phi) is 10.5. The summed E-state index contributed by atoms with van der Waals surface area (Å²) < 4.78 is 0. The van der Waals surface area contributed by atoms with Crippen molar-refractivity contribution < 1.29 is 9.59 Å². The molecular weight excluding hydrogens is 705 g/mol. The van der Waals surface area contributed by atoms with Crippen molar-refractivity contribution in [2.75, 3.05) is 41.3 Å². The van der Waals surface area contributed by atoms with Crippen LogP contribution in [0.2, 0.25) is 0 Å². The quantitative estimate of drug-likeness (QED) is 0.170. The van der Waals surface area contributed by atoms with Gasteiger partial charge < -0.3 is 19.8 Å². The molecule has 2 aliphatic rings. The second kappa shape index (κ2) is 15.9. The molecule has 0 aliphatic carbocycles. The summed E-state index contributed by atoms with van der Waals surface area (Å²) in [6.07, 6.45) is 13.9. The Hall–Kier alpha value is -6.12. The SMILES string of the molecule is CN(C)[C@@H](C(=O)N1CCC[C@H]1c1ncc(-c2cnc(-c3ncc(-c4cnc([C@@H]5CCCN5C(=O)[C@@H](c5ccccc5)N(C)C)[nH]4)cn3)nc2)[nH]1)c1ccccc1. The second-order valence-electron chi connectivity index (χ2n) is 14.9. The molecule has 0 unspecified atom stereocenters. The first-order chi connectivity index (χ1) is 27.3. The topological polar surface area (TPSA) is 156 Å². The number of amides is 2. The highest BCUT2D eigenvalue weighted by molar-refractivity contribution is 5.84. The maximum absolute atomic E-state index is 13.9. The summed E-state index contributed by atoms with van der Waals surface area (Å²) in [6.45, 7) is 1.36. The van der Waals surface area contributed by atoms with Crippen molar-refractivity contribution >= 4 is 11.8 Å². The number of nitrogens with one attached hydrogen (secondary N) is 2. The van der Waals surface area contributed by atoms with E-state index in [9.17, 15) is 9.59 Å². The molecule has 4 aromatic heterocycles. The van der Waals surface area contributed by atoms with E-state index < -0.39 is 0 Å². The number of likely N-dealkylation sites (tertiary alicyclic amines) is 2. The van der Waals surface area contributed by atoms with Crippen molar-refractivity contribution in [1.82, 2.24) is 59.5 Å². The summed E-state index contributed by atoms with van der Waals surface area (Å²) in [5, 5.41) is 0. The maximum atomic E-state index is 13.9. The largest absolute Gasteiger partial charge is 0.340 e. The number of likely N-dealkylation sites (N-methyl/N-ethyl adjacent to an activating group) is 2. The van der Waals surface area contributed by atoms with Crippen LogP contribution in [0.1, 0.15) is 72.6 Å². The Morgan fingerprint density at radius 3 is 1.30 bits per heavy atom. The number of nitrogens with zero attached hydrogens (tertiary/aromatic N) is 10. The Labute approximate surface area is 326 Å². The third kappa shape index (κ3) is 7.32. The molecule has 14 heteroatoms.